The number of aromatic nitrogens is 7. The topological polar surface area (TPSA) is 128 Å². The van der Waals surface area contributed by atoms with Crippen LogP contribution >= 0.6 is 0 Å². The summed E-state index contributed by atoms with van der Waals surface area (Å²) in [4.78, 5) is 16.7. The van der Waals surface area contributed by atoms with Crippen molar-refractivity contribution < 1.29 is 27.4 Å². The quantitative estimate of drug-likeness (QED) is 0.145. The van der Waals surface area contributed by atoms with E-state index >= 15 is 4.39 Å². The molecular formula is C41H42F3N9O3. The summed E-state index contributed by atoms with van der Waals surface area (Å²) in [6, 6.07) is 12.4. The third-order valence-corrected chi connectivity index (χ3v) is 11.7. The third-order valence-electron chi connectivity index (χ3n) is 11.7. The molecule has 4 aliphatic rings. The molecule has 6 aromatic rings. The molecule has 0 amide bonds. The summed E-state index contributed by atoms with van der Waals surface area (Å²) in [5.41, 5.74) is 6.09. The van der Waals surface area contributed by atoms with Crippen LogP contribution in [0.25, 0.3) is 32.9 Å². The molecule has 0 unspecified atom stereocenters. The number of piperazine rings is 1. The highest BCUT2D eigenvalue weighted by Crippen LogP contribution is 2.53. The number of aryl methyl sites for hydroxylation is 1. The Morgan fingerprint density at radius 3 is 2.50 bits per heavy atom. The second-order valence-electron chi connectivity index (χ2n) is 15.5. The van der Waals surface area contributed by atoms with E-state index in [-0.39, 0.29) is 36.3 Å². The number of aromatic amines is 1. The first-order chi connectivity index (χ1) is 27.3. The van der Waals surface area contributed by atoms with Gasteiger partial charge in [-0.05, 0) is 66.5 Å². The summed E-state index contributed by atoms with van der Waals surface area (Å²) < 4.78 is 62.8. The number of fused-ring (bicyclic) bond motifs is 4. The molecule has 1 aliphatic carbocycles. The standard InChI is InChI=1S/C41H42F3N9O3/c1-21-31(42)16-32-30(18-46-50-32)34(21)35-28(24-7-8-24)15-29-36(37(35)55-20-23-5-3-22(4-6-23)13-33-47-40(38(43)44)52(2)51-33)48-41(56-27-9-11-54-12-10-27)49-39(29)53-19-25-14-26(53)17-45-25/h3-6,15-16,18,24-27,38,45H,7-14,17,19-20H2,1-2H3,(H,46,50)/t25-,26-/m0/s1. The molecule has 2 atom stereocenters. The van der Waals surface area contributed by atoms with Gasteiger partial charge in [-0.1, -0.05) is 24.3 Å². The lowest BCUT2D eigenvalue weighted by Crippen LogP contribution is -2.44. The highest BCUT2D eigenvalue weighted by atomic mass is 19.3. The van der Waals surface area contributed by atoms with E-state index in [0.29, 0.717) is 59.9 Å². The lowest BCUT2D eigenvalue weighted by atomic mass is 9.88. The van der Waals surface area contributed by atoms with Gasteiger partial charge >= 0.3 is 6.01 Å². The number of ether oxygens (including phenoxy) is 3. The van der Waals surface area contributed by atoms with Crippen molar-refractivity contribution >= 4 is 27.6 Å². The summed E-state index contributed by atoms with van der Waals surface area (Å²) in [7, 11) is 1.47. The van der Waals surface area contributed by atoms with Crippen molar-refractivity contribution in [2.45, 2.75) is 82.6 Å². The normalized spacial score (nSPS) is 19.9. The molecule has 3 aromatic carbocycles. The van der Waals surface area contributed by atoms with Crippen molar-refractivity contribution in [1.82, 2.24) is 40.2 Å². The molecule has 15 heteroatoms. The van der Waals surface area contributed by atoms with Crippen LogP contribution in [-0.4, -0.2) is 79.4 Å². The van der Waals surface area contributed by atoms with Gasteiger partial charge in [0.05, 0.1) is 24.9 Å². The van der Waals surface area contributed by atoms with Crippen molar-refractivity contribution in [2.75, 3.05) is 31.2 Å². The number of halogens is 3. The zero-order valence-corrected chi connectivity index (χ0v) is 31.2. The van der Waals surface area contributed by atoms with E-state index in [9.17, 15) is 8.78 Å². The van der Waals surface area contributed by atoms with E-state index < -0.39 is 6.43 Å². The Morgan fingerprint density at radius 1 is 0.982 bits per heavy atom. The summed E-state index contributed by atoms with van der Waals surface area (Å²) in [6.07, 6.45) is 3.81. The minimum absolute atomic E-state index is 0.0851. The van der Waals surface area contributed by atoms with Gasteiger partial charge < -0.3 is 24.4 Å². The van der Waals surface area contributed by atoms with Gasteiger partial charge in [-0.15, -0.1) is 0 Å². The van der Waals surface area contributed by atoms with Gasteiger partial charge in [-0.25, -0.2) is 22.8 Å². The SMILES string of the molecule is Cc1c(F)cc2[nH]ncc2c1-c1c(C2CC2)cc2c(N3C[C@@H]4C[C@H]3CN4)nc(OC3CCOCC3)nc2c1OCc1ccc(Cc2nc(C(F)F)n(C)n2)cc1. The maximum Gasteiger partial charge on any atom is 0.319 e. The lowest BCUT2D eigenvalue weighted by molar-refractivity contribution is 0.0219. The number of benzene rings is 3. The van der Waals surface area contributed by atoms with Crippen LogP contribution in [-0.2, 0) is 24.8 Å². The highest BCUT2D eigenvalue weighted by molar-refractivity contribution is 6.06. The van der Waals surface area contributed by atoms with Gasteiger partial charge in [0, 0.05) is 73.4 Å². The number of H-pyrrole nitrogens is 1. The Balaban J connectivity index is 1.11. The second kappa shape index (κ2) is 14.0. The largest absolute Gasteiger partial charge is 0.486 e. The van der Waals surface area contributed by atoms with Crippen LogP contribution in [0.3, 0.4) is 0 Å². The lowest BCUT2D eigenvalue weighted by Gasteiger charge is -2.31. The molecule has 12 nitrogen and oxygen atoms in total. The molecule has 1 saturated carbocycles. The fraction of sp³-hybridized carbons (Fsp3) is 0.439. The fourth-order valence-electron chi connectivity index (χ4n) is 8.66. The Kier molecular flexibility index (Phi) is 8.81. The van der Waals surface area contributed by atoms with E-state index in [1.54, 1.807) is 13.1 Å². The van der Waals surface area contributed by atoms with Crippen LogP contribution < -0.4 is 19.7 Å². The van der Waals surface area contributed by atoms with Gasteiger partial charge in [0.1, 0.15) is 29.9 Å². The van der Waals surface area contributed by atoms with Crippen LogP contribution in [0.15, 0.2) is 42.6 Å². The van der Waals surface area contributed by atoms with Crippen LogP contribution in [0.4, 0.5) is 19.0 Å². The van der Waals surface area contributed by atoms with E-state index in [4.69, 9.17) is 24.2 Å². The molecule has 3 saturated heterocycles. The van der Waals surface area contributed by atoms with E-state index in [1.807, 2.05) is 24.3 Å². The summed E-state index contributed by atoms with van der Waals surface area (Å²) in [5.74, 6) is 1.27. The molecule has 3 aliphatic heterocycles. The first-order valence-corrected chi connectivity index (χ1v) is 19.4. The van der Waals surface area contributed by atoms with Gasteiger partial charge in [0.2, 0.25) is 0 Å². The number of hydrogen-bond acceptors (Lipinski definition) is 10. The monoisotopic (exact) mass is 765 g/mol. The Labute approximate surface area is 320 Å². The smallest absolute Gasteiger partial charge is 0.319 e. The average molecular weight is 766 g/mol. The van der Waals surface area contributed by atoms with E-state index in [0.717, 1.165) is 94.3 Å². The predicted octanol–water partition coefficient (Wildman–Crippen LogP) is 6.84. The van der Waals surface area contributed by atoms with Gasteiger partial charge in [-0.2, -0.15) is 20.2 Å². The highest BCUT2D eigenvalue weighted by Gasteiger charge is 2.41. The van der Waals surface area contributed by atoms with Crippen LogP contribution in [0.1, 0.15) is 78.4 Å². The van der Waals surface area contributed by atoms with Crippen LogP contribution in [0.2, 0.25) is 0 Å². The molecule has 6 heterocycles. The van der Waals surface area contributed by atoms with Crippen molar-refractivity contribution in [3.05, 3.63) is 82.3 Å². The zero-order valence-electron chi connectivity index (χ0n) is 31.2. The molecule has 290 valence electrons. The number of alkyl halides is 2. The van der Waals surface area contributed by atoms with E-state index in [2.05, 4.69) is 36.6 Å². The summed E-state index contributed by atoms with van der Waals surface area (Å²) in [5, 5.41) is 16.8. The summed E-state index contributed by atoms with van der Waals surface area (Å²) >= 11 is 0. The Bertz CT molecular complexity index is 2440. The maximum atomic E-state index is 15.8. The van der Waals surface area contributed by atoms with Crippen molar-refractivity contribution in [1.29, 1.82) is 0 Å². The number of anilines is 1. The van der Waals surface area contributed by atoms with Crippen molar-refractivity contribution in [2.24, 2.45) is 7.05 Å². The molecule has 10 rings (SSSR count). The van der Waals surface area contributed by atoms with Crippen molar-refractivity contribution in [3.8, 4) is 22.9 Å². The summed E-state index contributed by atoms with van der Waals surface area (Å²) in [6.45, 7) is 4.92. The molecule has 0 radical (unpaired) electrons. The average Bonchev–Trinajstić information content (AvgIpc) is 3.47. The minimum Gasteiger partial charge on any atom is -0.486 e. The maximum absolute atomic E-state index is 15.8. The molecule has 4 fully saturated rings. The molecule has 56 heavy (non-hydrogen) atoms. The van der Waals surface area contributed by atoms with E-state index in [1.165, 1.54) is 13.1 Å². The zero-order chi connectivity index (χ0) is 38.1. The predicted molar refractivity (Wildman–Crippen MR) is 203 cm³/mol. The number of rotatable bonds is 11. The van der Waals surface area contributed by atoms with Crippen LogP contribution in [0, 0.1) is 12.7 Å². The van der Waals surface area contributed by atoms with Gasteiger partial charge in [0.15, 0.2) is 17.4 Å². The first-order valence-electron chi connectivity index (χ1n) is 19.4. The molecule has 2 bridgehead atoms. The second-order valence-corrected chi connectivity index (χ2v) is 15.5. The fourth-order valence-corrected chi connectivity index (χ4v) is 8.66. The Hall–Kier alpha value is -5.28. The molecule has 2 N–H and O–H groups in total. The number of hydrogen-bond donors (Lipinski definition) is 2. The molecule has 3 aromatic heterocycles. The number of nitrogens with zero attached hydrogens (tertiary/aromatic N) is 7. The van der Waals surface area contributed by atoms with Crippen LogP contribution in [0.5, 0.6) is 11.8 Å². The third kappa shape index (κ3) is 6.39. The van der Waals surface area contributed by atoms with Gasteiger partial charge in [0.25, 0.3) is 6.43 Å². The first kappa shape index (κ1) is 35.2. The van der Waals surface area contributed by atoms with Gasteiger partial charge in [-0.3, -0.25) is 5.10 Å². The van der Waals surface area contributed by atoms with Crippen molar-refractivity contribution in [3.63, 3.8) is 0 Å². The Morgan fingerprint density at radius 2 is 1.79 bits per heavy atom. The molecule has 0 spiro atoms. The molecular weight excluding hydrogens is 724 g/mol. The minimum atomic E-state index is -2.70. The number of nitrogens with one attached hydrogen (secondary N) is 2.